The zero-order chi connectivity index (χ0) is 11.1. The van der Waals surface area contributed by atoms with Gasteiger partial charge in [0.05, 0.1) is 28.1 Å². The lowest BCUT2D eigenvalue weighted by Gasteiger charge is -2.05. The molecular weight excluding hydrogens is 282 g/mol. The first-order chi connectivity index (χ1) is 6.98. The number of halogens is 1. The number of sulfone groups is 1. The van der Waals surface area contributed by atoms with Crippen LogP contribution in [0, 0.1) is 0 Å². The first kappa shape index (κ1) is 11.1. The van der Waals surface area contributed by atoms with Crippen molar-refractivity contribution in [2.24, 2.45) is 0 Å². The first-order valence-electron chi connectivity index (χ1n) is 4.74. The van der Waals surface area contributed by atoms with E-state index in [1.807, 2.05) is 13.1 Å². The van der Waals surface area contributed by atoms with Crippen molar-refractivity contribution in [2.45, 2.75) is 24.2 Å². The molecule has 0 aliphatic carbocycles. The Morgan fingerprint density at radius 2 is 2.40 bits per heavy atom. The van der Waals surface area contributed by atoms with Crippen molar-refractivity contribution in [1.82, 2.24) is 15.0 Å². The molecule has 0 amide bonds. The number of rotatable bonds is 2. The molecule has 2 heterocycles. The SMILES string of the molecule is CC(Br)c1cn(C2CCS(=O)(=O)C2)nn1. The third-order valence-corrected chi connectivity index (χ3v) is 4.74. The van der Waals surface area contributed by atoms with Gasteiger partial charge in [0.15, 0.2) is 9.84 Å². The molecule has 2 rings (SSSR count). The van der Waals surface area contributed by atoms with Gasteiger partial charge < -0.3 is 0 Å². The summed E-state index contributed by atoms with van der Waals surface area (Å²) in [5.41, 5.74) is 0.833. The summed E-state index contributed by atoms with van der Waals surface area (Å²) in [7, 11) is -2.85. The summed E-state index contributed by atoms with van der Waals surface area (Å²) in [5.74, 6) is 0.448. The van der Waals surface area contributed by atoms with Crippen LogP contribution in [0.1, 0.15) is 29.9 Å². The van der Waals surface area contributed by atoms with Gasteiger partial charge in [-0.05, 0) is 13.3 Å². The molecule has 1 aromatic heterocycles. The molecule has 5 nitrogen and oxygen atoms in total. The van der Waals surface area contributed by atoms with Gasteiger partial charge in [0.2, 0.25) is 0 Å². The maximum absolute atomic E-state index is 11.3. The highest BCUT2D eigenvalue weighted by molar-refractivity contribution is 9.09. The van der Waals surface area contributed by atoms with E-state index in [4.69, 9.17) is 0 Å². The fourth-order valence-electron chi connectivity index (χ4n) is 1.64. The van der Waals surface area contributed by atoms with Crippen molar-refractivity contribution in [2.75, 3.05) is 11.5 Å². The van der Waals surface area contributed by atoms with Crippen molar-refractivity contribution in [3.05, 3.63) is 11.9 Å². The summed E-state index contributed by atoms with van der Waals surface area (Å²) in [5, 5.41) is 7.94. The molecule has 1 fully saturated rings. The van der Waals surface area contributed by atoms with Crippen LogP contribution < -0.4 is 0 Å². The van der Waals surface area contributed by atoms with E-state index in [1.54, 1.807) is 4.68 Å². The Bertz CT molecular complexity index is 454. The van der Waals surface area contributed by atoms with Gasteiger partial charge in [-0.25, -0.2) is 13.1 Å². The molecule has 1 aliphatic rings. The molecule has 1 aliphatic heterocycles. The van der Waals surface area contributed by atoms with E-state index < -0.39 is 9.84 Å². The van der Waals surface area contributed by atoms with Gasteiger partial charge in [0.25, 0.3) is 0 Å². The van der Waals surface area contributed by atoms with Crippen LogP contribution >= 0.6 is 15.9 Å². The topological polar surface area (TPSA) is 64.8 Å². The van der Waals surface area contributed by atoms with Crippen LogP contribution in [0.2, 0.25) is 0 Å². The molecule has 0 spiro atoms. The molecule has 0 radical (unpaired) electrons. The van der Waals surface area contributed by atoms with Crippen molar-refractivity contribution in [3.63, 3.8) is 0 Å². The largest absolute Gasteiger partial charge is 0.248 e. The van der Waals surface area contributed by atoms with E-state index in [2.05, 4.69) is 26.2 Å². The van der Waals surface area contributed by atoms with Crippen LogP contribution in [0.5, 0.6) is 0 Å². The fraction of sp³-hybridized carbons (Fsp3) is 0.750. The van der Waals surface area contributed by atoms with E-state index in [0.29, 0.717) is 6.42 Å². The van der Waals surface area contributed by atoms with Crippen LogP contribution in [0.25, 0.3) is 0 Å². The molecule has 0 bridgehead atoms. The molecule has 1 aromatic rings. The predicted octanol–water partition coefficient (Wildman–Crippen LogP) is 1.09. The fourth-order valence-corrected chi connectivity index (χ4v) is 3.55. The predicted molar refractivity (Wildman–Crippen MR) is 59.7 cm³/mol. The quantitative estimate of drug-likeness (QED) is 0.766. The highest BCUT2D eigenvalue weighted by Gasteiger charge is 2.30. The Labute approximate surface area is 96.9 Å². The Morgan fingerprint density at radius 1 is 1.67 bits per heavy atom. The summed E-state index contributed by atoms with van der Waals surface area (Å²) >= 11 is 3.39. The van der Waals surface area contributed by atoms with E-state index in [9.17, 15) is 8.42 Å². The summed E-state index contributed by atoms with van der Waals surface area (Å²) in [6.45, 7) is 1.96. The van der Waals surface area contributed by atoms with E-state index in [1.165, 1.54) is 0 Å². The van der Waals surface area contributed by atoms with Gasteiger partial charge in [-0.1, -0.05) is 21.1 Å². The van der Waals surface area contributed by atoms with E-state index in [0.717, 1.165) is 5.69 Å². The second kappa shape index (κ2) is 3.86. The second-order valence-electron chi connectivity index (χ2n) is 3.80. The molecular formula is C8H12BrN3O2S. The number of nitrogens with zero attached hydrogens (tertiary/aromatic N) is 3. The standard InChI is InChI=1S/C8H12BrN3O2S/c1-6(9)8-4-12(11-10-8)7-2-3-15(13,14)5-7/h4,6-7H,2-3,5H2,1H3. The minimum Gasteiger partial charge on any atom is -0.248 e. The van der Waals surface area contributed by atoms with Gasteiger partial charge in [0, 0.05) is 6.20 Å². The summed E-state index contributed by atoms with van der Waals surface area (Å²) in [4.78, 5) is 0.143. The summed E-state index contributed by atoms with van der Waals surface area (Å²) in [6, 6.07) is -0.0394. The van der Waals surface area contributed by atoms with Crippen molar-refractivity contribution >= 4 is 25.8 Å². The van der Waals surface area contributed by atoms with Crippen molar-refractivity contribution in [3.8, 4) is 0 Å². The third kappa shape index (κ3) is 2.39. The zero-order valence-corrected chi connectivity index (χ0v) is 10.7. The van der Waals surface area contributed by atoms with Crippen LogP contribution in [0.4, 0.5) is 0 Å². The lowest BCUT2D eigenvalue weighted by atomic mass is 10.3. The van der Waals surface area contributed by atoms with Crippen LogP contribution in [0.3, 0.4) is 0 Å². The molecule has 15 heavy (non-hydrogen) atoms. The molecule has 1 saturated heterocycles. The van der Waals surface area contributed by atoms with Crippen molar-refractivity contribution < 1.29 is 8.42 Å². The molecule has 0 N–H and O–H groups in total. The highest BCUT2D eigenvalue weighted by Crippen LogP contribution is 2.25. The zero-order valence-electron chi connectivity index (χ0n) is 8.30. The minimum atomic E-state index is -2.85. The molecule has 2 unspecified atom stereocenters. The number of hydrogen-bond donors (Lipinski definition) is 0. The lowest BCUT2D eigenvalue weighted by molar-refractivity contribution is 0.484. The Kier molecular flexibility index (Phi) is 2.85. The first-order valence-corrected chi connectivity index (χ1v) is 7.48. The Hall–Kier alpha value is -0.430. The average Bonchev–Trinajstić information content (AvgIpc) is 2.70. The maximum atomic E-state index is 11.3. The van der Waals surface area contributed by atoms with Crippen LogP contribution in [-0.4, -0.2) is 34.9 Å². The Balaban J connectivity index is 2.17. The molecule has 0 aromatic carbocycles. The van der Waals surface area contributed by atoms with Gasteiger partial charge in [-0.2, -0.15) is 0 Å². The van der Waals surface area contributed by atoms with Gasteiger partial charge >= 0.3 is 0 Å². The molecule has 2 atom stereocenters. The summed E-state index contributed by atoms with van der Waals surface area (Å²) in [6.07, 6.45) is 2.45. The molecule has 0 saturated carbocycles. The second-order valence-corrected chi connectivity index (χ2v) is 7.40. The Morgan fingerprint density at radius 3 is 2.87 bits per heavy atom. The monoisotopic (exact) mass is 293 g/mol. The molecule has 7 heteroatoms. The van der Waals surface area contributed by atoms with Crippen LogP contribution in [-0.2, 0) is 9.84 Å². The average molecular weight is 294 g/mol. The van der Waals surface area contributed by atoms with E-state index >= 15 is 0 Å². The number of aromatic nitrogens is 3. The normalized spacial score (nSPS) is 26.7. The van der Waals surface area contributed by atoms with Gasteiger partial charge in [-0.15, -0.1) is 5.10 Å². The number of alkyl halides is 1. The summed E-state index contributed by atoms with van der Waals surface area (Å²) < 4.78 is 24.2. The smallest absolute Gasteiger partial charge is 0.152 e. The van der Waals surface area contributed by atoms with Crippen LogP contribution in [0.15, 0.2) is 6.20 Å². The highest BCUT2D eigenvalue weighted by atomic mass is 79.9. The third-order valence-electron chi connectivity index (χ3n) is 2.52. The lowest BCUT2D eigenvalue weighted by Crippen LogP contribution is -2.11. The van der Waals surface area contributed by atoms with Gasteiger partial charge in [0.1, 0.15) is 0 Å². The minimum absolute atomic E-state index is 0.0394. The van der Waals surface area contributed by atoms with E-state index in [-0.39, 0.29) is 22.4 Å². The maximum Gasteiger partial charge on any atom is 0.152 e. The molecule has 84 valence electrons. The van der Waals surface area contributed by atoms with Gasteiger partial charge in [-0.3, -0.25) is 0 Å². The van der Waals surface area contributed by atoms with Crippen molar-refractivity contribution in [1.29, 1.82) is 0 Å². The number of hydrogen-bond acceptors (Lipinski definition) is 4.